The lowest BCUT2D eigenvalue weighted by atomic mass is 9.93. The van der Waals surface area contributed by atoms with Gasteiger partial charge in [-0.1, -0.05) is 20.8 Å². The normalized spacial score (nSPS) is 15.6. The largest absolute Gasteiger partial charge is 0.450 e. The highest BCUT2D eigenvalue weighted by molar-refractivity contribution is 7.13. The van der Waals surface area contributed by atoms with Crippen molar-refractivity contribution in [1.82, 2.24) is 9.88 Å². The maximum Gasteiger partial charge on any atom is 0.409 e. The highest BCUT2D eigenvalue weighted by atomic mass is 35.5. The minimum Gasteiger partial charge on any atom is -0.450 e. The van der Waals surface area contributed by atoms with Crippen LogP contribution in [0.15, 0.2) is 5.38 Å². The first-order valence-corrected chi connectivity index (χ1v) is 7.92. The summed E-state index contributed by atoms with van der Waals surface area (Å²) in [6, 6.07) is 0. The van der Waals surface area contributed by atoms with Gasteiger partial charge in [-0.2, -0.15) is 0 Å². The van der Waals surface area contributed by atoms with E-state index in [-0.39, 0.29) is 23.9 Å². The number of amides is 1. The molecule has 0 saturated carbocycles. The third-order valence-corrected chi connectivity index (χ3v) is 4.24. The van der Waals surface area contributed by atoms with Crippen LogP contribution in [0.4, 0.5) is 9.93 Å². The van der Waals surface area contributed by atoms with Crippen molar-refractivity contribution in [3.63, 3.8) is 0 Å². The van der Waals surface area contributed by atoms with Crippen LogP contribution in [-0.4, -0.2) is 48.8 Å². The molecule has 1 saturated heterocycles. The summed E-state index contributed by atoms with van der Waals surface area (Å²) in [6.07, 6.45) is -0.207. The number of thiazole rings is 1. The molecule has 0 unspecified atom stereocenters. The molecule has 21 heavy (non-hydrogen) atoms. The predicted octanol–water partition coefficient (Wildman–Crippen LogP) is 3.14. The molecule has 0 atom stereocenters. The van der Waals surface area contributed by atoms with Crippen molar-refractivity contribution in [1.29, 1.82) is 0 Å². The van der Waals surface area contributed by atoms with Crippen LogP contribution >= 0.6 is 23.7 Å². The van der Waals surface area contributed by atoms with E-state index in [1.807, 2.05) is 6.92 Å². The van der Waals surface area contributed by atoms with E-state index in [1.165, 1.54) is 0 Å². The van der Waals surface area contributed by atoms with Crippen LogP contribution in [0.3, 0.4) is 0 Å². The average molecular weight is 334 g/mol. The van der Waals surface area contributed by atoms with Crippen LogP contribution in [0, 0.1) is 0 Å². The Labute approximate surface area is 136 Å². The maximum absolute atomic E-state index is 11.6. The molecule has 2 heterocycles. The minimum atomic E-state index is -0.207. The second-order valence-corrected chi connectivity index (χ2v) is 6.77. The molecule has 1 aromatic rings. The van der Waals surface area contributed by atoms with Crippen molar-refractivity contribution in [3.8, 4) is 0 Å². The van der Waals surface area contributed by atoms with Gasteiger partial charge in [0.1, 0.15) is 0 Å². The van der Waals surface area contributed by atoms with Crippen LogP contribution in [0.2, 0.25) is 0 Å². The quantitative estimate of drug-likeness (QED) is 0.834. The number of piperazine rings is 1. The number of carbonyl (C=O) groups is 1. The molecule has 0 aromatic carbocycles. The summed E-state index contributed by atoms with van der Waals surface area (Å²) in [4.78, 5) is 20.4. The molecule has 5 nitrogen and oxygen atoms in total. The van der Waals surface area contributed by atoms with Crippen LogP contribution in [0.1, 0.15) is 33.4 Å². The fourth-order valence-corrected chi connectivity index (χ4v) is 3.16. The molecule has 1 aromatic heterocycles. The Morgan fingerprint density at radius 2 is 1.95 bits per heavy atom. The first kappa shape index (κ1) is 18.0. The van der Waals surface area contributed by atoms with Crippen molar-refractivity contribution >= 4 is 35.0 Å². The van der Waals surface area contributed by atoms with Crippen LogP contribution in [0.25, 0.3) is 0 Å². The molecular weight excluding hydrogens is 310 g/mol. The van der Waals surface area contributed by atoms with Gasteiger partial charge in [0.2, 0.25) is 0 Å². The Balaban J connectivity index is 0.00000220. The lowest BCUT2D eigenvalue weighted by molar-refractivity contribution is 0.105. The highest BCUT2D eigenvalue weighted by Gasteiger charge is 2.25. The van der Waals surface area contributed by atoms with Crippen molar-refractivity contribution in [2.24, 2.45) is 0 Å². The molecule has 0 aliphatic carbocycles. The Bertz CT molecular complexity index is 465. The molecule has 120 valence electrons. The number of ether oxygens (including phenoxy) is 1. The van der Waals surface area contributed by atoms with Crippen LogP contribution in [0.5, 0.6) is 0 Å². The Morgan fingerprint density at radius 3 is 2.43 bits per heavy atom. The molecule has 7 heteroatoms. The molecule has 2 rings (SSSR count). The van der Waals surface area contributed by atoms with Gasteiger partial charge in [-0.15, -0.1) is 23.7 Å². The molecule has 0 N–H and O–H groups in total. The van der Waals surface area contributed by atoms with Gasteiger partial charge in [-0.3, -0.25) is 0 Å². The Kier molecular flexibility index (Phi) is 6.28. The number of hydrogen-bond acceptors (Lipinski definition) is 5. The summed E-state index contributed by atoms with van der Waals surface area (Å²) in [6.45, 7) is 11.8. The SMILES string of the molecule is CCOC(=O)N1CCN(c2nc(C(C)(C)C)cs2)CC1.Cl. The lowest BCUT2D eigenvalue weighted by Crippen LogP contribution is -2.49. The third kappa shape index (κ3) is 4.48. The van der Waals surface area contributed by atoms with Gasteiger partial charge in [0.15, 0.2) is 5.13 Å². The zero-order chi connectivity index (χ0) is 14.8. The van der Waals surface area contributed by atoms with Crippen LogP contribution < -0.4 is 4.90 Å². The highest BCUT2D eigenvalue weighted by Crippen LogP contribution is 2.29. The number of nitrogens with zero attached hydrogens (tertiary/aromatic N) is 3. The monoisotopic (exact) mass is 333 g/mol. The fraction of sp³-hybridized carbons (Fsp3) is 0.714. The Morgan fingerprint density at radius 1 is 1.33 bits per heavy atom. The van der Waals surface area contributed by atoms with Crippen molar-refractivity contribution in [2.45, 2.75) is 33.1 Å². The summed E-state index contributed by atoms with van der Waals surface area (Å²) >= 11 is 1.68. The van der Waals surface area contributed by atoms with Gasteiger partial charge in [-0.25, -0.2) is 9.78 Å². The predicted molar refractivity (Wildman–Crippen MR) is 88.9 cm³/mol. The lowest BCUT2D eigenvalue weighted by Gasteiger charge is -2.33. The van der Waals surface area contributed by atoms with Crippen molar-refractivity contribution < 1.29 is 9.53 Å². The van der Waals surface area contributed by atoms with Gasteiger partial charge in [0, 0.05) is 37.0 Å². The van der Waals surface area contributed by atoms with Crippen molar-refractivity contribution in [3.05, 3.63) is 11.1 Å². The van der Waals surface area contributed by atoms with E-state index < -0.39 is 0 Å². The van der Waals surface area contributed by atoms with E-state index in [0.717, 1.165) is 23.9 Å². The summed E-state index contributed by atoms with van der Waals surface area (Å²) in [5, 5.41) is 3.19. The van der Waals surface area contributed by atoms with Gasteiger partial charge in [-0.05, 0) is 6.92 Å². The summed E-state index contributed by atoms with van der Waals surface area (Å²) in [7, 11) is 0. The molecular formula is C14H24ClN3O2S. The van der Waals surface area contributed by atoms with E-state index in [0.29, 0.717) is 19.7 Å². The standard InChI is InChI=1S/C14H23N3O2S.ClH/c1-5-19-13(18)17-8-6-16(7-9-17)12-15-11(10-20-12)14(2,3)4;/h10H,5-9H2,1-4H3;1H. The molecule has 0 radical (unpaired) electrons. The van der Waals surface area contributed by atoms with Gasteiger partial charge in [0.05, 0.1) is 12.3 Å². The van der Waals surface area contributed by atoms with Crippen molar-refractivity contribution in [2.75, 3.05) is 37.7 Å². The molecule has 1 fully saturated rings. The van der Waals surface area contributed by atoms with Gasteiger partial charge >= 0.3 is 6.09 Å². The van der Waals surface area contributed by atoms with Gasteiger partial charge in [0.25, 0.3) is 0 Å². The molecule has 1 aliphatic rings. The second-order valence-electron chi connectivity index (χ2n) is 5.94. The fourth-order valence-electron chi connectivity index (χ4n) is 2.05. The van der Waals surface area contributed by atoms with E-state index in [2.05, 4.69) is 31.1 Å². The molecule has 0 bridgehead atoms. The molecule has 1 amide bonds. The van der Waals surface area contributed by atoms with E-state index in [9.17, 15) is 4.79 Å². The molecule has 0 spiro atoms. The van der Waals surface area contributed by atoms with E-state index >= 15 is 0 Å². The first-order chi connectivity index (χ1) is 9.41. The zero-order valence-electron chi connectivity index (χ0n) is 13.1. The number of rotatable bonds is 2. The minimum absolute atomic E-state index is 0. The number of carbonyl (C=O) groups excluding carboxylic acids is 1. The van der Waals surface area contributed by atoms with Crippen LogP contribution in [-0.2, 0) is 10.2 Å². The third-order valence-electron chi connectivity index (χ3n) is 3.34. The second kappa shape index (κ2) is 7.31. The smallest absolute Gasteiger partial charge is 0.409 e. The summed E-state index contributed by atoms with van der Waals surface area (Å²) < 4.78 is 5.03. The number of halogens is 1. The summed E-state index contributed by atoms with van der Waals surface area (Å²) in [5.41, 5.74) is 1.21. The summed E-state index contributed by atoms with van der Waals surface area (Å²) in [5.74, 6) is 0. The Hall–Kier alpha value is -1.01. The number of hydrogen-bond donors (Lipinski definition) is 0. The van der Waals surface area contributed by atoms with Gasteiger partial charge < -0.3 is 14.5 Å². The molecule has 1 aliphatic heterocycles. The number of anilines is 1. The topological polar surface area (TPSA) is 45.7 Å². The number of aromatic nitrogens is 1. The average Bonchev–Trinajstić information content (AvgIpc) is 2.89. The first-order valence-electron chi connectivity index (χ1n) is 7.04. The van der Waals surface area contributed by atoms with E-state index in [1.54, 1.807) is 16.2 Å². The van der Waals surface area contributed by atoms with E-state index in [4.69, 9.17) is 9.72 Å². The zero-order valence-corrected chi connectivity index (χ0v) is 14.7. The maximum atomic E-state index is 11.6.